The van der Waals surface area contributed by atoms with E-state index in [0.29, 0.717) is 5.92 Å². The summed E-state index contributed by atoms with van der Waals surface area (Å²) in [5, 5.41) is 2.37. The molecule has 0 amide bonds. The predicted octanol–water partition coefficient (Wildman–Crippen LogP) is 4.53. The summed E-state index contributed by atoms with van der Waals surface area (Å²) in [6.45, 7) is 6.57. The summed E-state index contributed by atoms with van der Waals surface area (Å²) >= 11 is 0. The Bertz CT molecular complexity index is 894. The number of hydrogen-bond acceptors (Lipinski definition) is 4. The molecule has 0 bridgehead atoms. The van der Waals surface area contributed by atoms with Crippen molar-refractivity contribution < 1.29 is 4.74 Å². The molecule has 1 atom stereocenters. The van der Waals surface area contributed by atoms with Gasteiger partial charge in [0.15, 0.2) is 5.72 Å². The average Bonchev–Trinajstić information content (AvgIpc) is 3.17. The van der Waals surface area contributed by atoms with Gasteiger partial charge in [-0.15, -0.1) is 0 Å². The molecule has 0 aromatic heterocycles. The van der Waals surface area contributed by atoms with Crippen molar-refractivity contribution in [3.63, 3.8) is 0 Å². The summed E-state index contributed by atoms with van der Waals surface area (Å²) in [5.41, 5.74) is 8.47. The minimum atomic E-state index is -0.290. The molecule has 146 valence electrons. The fourth-order valence-electron chi connectivity index (χ4n) is 4.64. The van der Waals surface area contributed by atoms with E-state index in [1.807, 2.05) is 0 Å². The molecule has 0 unspecified atom stereocenters. The zero-order chi connectivity index (χ0) is 19.3. The van der Waals surface area contributed by atoms with Gasteiger partial charge < -0.3 is 15.1 Å². The normalized spacial score (nSPS) is 23.7. The van der Waals surface area contributed by atoms with Crippen LogP contribution in [0.5, 0.6) is 5.75 Å². The Hall–Kier alpha value is -2.30. The molecule has 1 spiro atoms. The van der Waals surface area contributed by atoms with Crippen LogP contribution in [0.4, 0.5) is 0 Å². The first-order chi connectivity index (χ1) is 13.6. The highest BCUT2D eigenvalue weighted by Crippen LogP contribution is 2.48. The van der Waals surface area contributed by atoms with E-state index in [1.165, 1.54) is 22.4 Å². The van der Waals surface area contributed by atoms with E-state index >= 15 is 0 Å². The van der Waals surface area contributed by atoms with Crippen LogP contribution in [0.25, 0.3) is 5.70 Å². The lowest BCUT2D eigenvalue weighted by Gasteiger charge is -2.51. The molecule has 2 aromatic carbocycles. The van der Waals surface area contributed by atoms with Crippen LogP contribution >= 0.6 is 0 Å². The standard InChI is InChI=1S/C24H29N3O/c1-17(2)18-8-10-19(11-9-18)21-16-22-20-6-4-5-7-23(20)28-24(27(22)25-21)12-14-26(3)15-13-24/h4-11,16-17,22,25H,12-15H2,1-3H3/t22-/m0/s1. The zero-order valence-corrected chi connectivity index (χ0v) is 17.0. The first-order valence-electron chi connectivity index (χ1n) is 10.4. The Morgan fingerprint density at radius 3 is 2.46 bits per heavy atom. The van der Waals surface area contributed by atoms with Crippen molar-refractivity contribution in [2.45, 2.75) is 44.4 Å². The number of para-hydroxylation sites is 1. The Kier molecular flexibility index (Phi) is 4.22. The maximum Gasteiger partial charge on any atom is 0.182 e. The van der Waals surface area contributed by atoms with Crippen molar-refractivity contribution in [2.24, 2.45) is 0 Å². The van der Waals surface area contributed by atoms with Crippen LogP contribution in [0.3, 0.4) is 0 Å². The minimum Gasteiger partial charge on any atom is -0.470 e. The Labute approximate surface area is 167 Å². The number of fused-ring (bicyclic) bond motifs is 4. The van der Waals surface area contributed by atoms with E-state index in [0.717, 1.165) is 31.7 Å². The molecule has 1 fully saturated rings. The van der Waals surface area contributed by atoms with Gasteiger partial charge in [0.2, 0.25) is 0 Å². The first kappa shape index (κ1) is 17.8. The van der Waals surface area contributed by atoms with Crippen molar-refractivity contribution in [3.8, 4) is 5.75 Å². The third-order valence-electron chi connectivity index (χ3n) is 6.48. The quantitative estimate of drug-likeness (QED) is 0.835. The van der Waals surface area contributed by atoms with Gasteiger partial charge in [0.05, 0.1) is 11.7 Å². The summed E-state index contributed by atoms with van der Waals surface area (Å²) in [6.07, 6.45) is 4.36. The summed E-state index contributed by atoms with van der Waals surface area (Å²) < 4.78 is 6.66. The predicted molar refractivity (Wildman–Crippen MR) is 113 cm³/mol. The molecule has 0 radical (unpaired) electrons. The zero-order valence-electron chi connectivity index (χ0n) is 17.0. The number of hydrogen-bond donors (Lipinski definition) is 1. The van der Waals surface area contributed by atoms with Crippen LogP contribution in [0.2, 0.25) is 0 Å². The molecule has 0 saturated carbocycles. The lowest BCUT2D eigenvalue weighted by Crippen LogP contribution is -2.63. The first-order valence-corrected chi connectivity index (χ1v) is 10.4. The number of piperidine rings is 1. The van der Waals surface area contributed by atoms with Gasteiger partial charge in [-0.25, -0.2) is 0 Å². The molecular formula is C24H29N3O. The summed E-state index contributed by atoms with van der Waals surface area (Å²) in [5.74, 6) is 1.58. The smallest absolute Gasteiger partial charge is 0.182 e. The number of hydrazine groups is 1. The Morgan fingerprint density at radius 1 is 1.04 bits per heavy atom. The highest BCUT2D eigenvalue weighted by atomic mass is 16.5. The van der Waals surface area contributed by atoms with E-state index < -0.39 is 0 Å². The van der Waals surface area contributed by atoms with E-state index in [4.69, 9.17) is 4.74 Å². The third-order valence-corrected chi connectivity index (χ3v) is 6.48. The second kappa shape index (κ2) is 6.64. The van der Waals surface area contributed by atoms with Gasteiger partial charge in [-0.05, 0) is 36.2 Å². The molecule has 1 saturated heterocycles. The second-order valence-electron chi connectivity index (χ2n) is 8.67. The van der Waals surface area contributed by atoms with Gasteiger partial charge in [0.25, 0.3) is 0 Å². The third kappa shape index (κ3) is 2.83. The molecule has 0 aliphatic carbocycles. The molecule has 1 N–H and O–H groups in total. The fraction of sp³-hybridized carbons (Fsp3) is 0.417. The van der Waals surface area contributed by atoms with E-state index in [9.17, 15) is 0 Å². The van der Waals surface area contributed by atoms with Crippen molar-refractivity contribution in [2.75, 3.05) is 20.1 Å². The Morgan fingerprint density at radius 2 is 1.75 bits per heavy atom. The molecule has 3 aliphatic heterocycles. The molecule has 2 aromatic rings. The maximum absolute atomic E-state index is 6.66. The highest BCUT2D eigenvalue weighted by molar-refractivity contribution is 5.68. The molecule has 3 aliphatic rings. The number of benzene rings is 2. The second-order valence-corrected chi connectivity index (χ2v) is 8.67. The lowest BCUT2D eigenvalue weighted by atomic mass is 9.93. The molecular weight excluding hydrogens is 346 g/mol. The lowest BCUT2D eigenvalue weighted by molar-refractivity contribution is -0.157. The van der Waals surface area contributed by atoms with Crippen molar-refractivity contribution >= 4 is 5.70 Å². The summed E-state index contributed by atoms with van der Waals surface area (Å²) in [4.78, 5) is 2.39. The van der Waals surface area contributed by atoms with Gasteiger partial charge >= 0.3 is 0 Å². The van der Waals surface area contributed by atoms with E-state index in [-0.39, 0.29) is 11.8 Å². The van der Waals surface area contributed by atoms with Crippen molar-refractivity contribution in [1.29, 1.82) is 0 Å². The maximum atomic E-state index is 6.66. The summed E-state index contributed by atoms with van der Waals surface area (Å²) in [7, 11) is 2.19. The minimum absolute atomic E-state index is 0.202. The van der Waals surface area contributed by atoms with Crippen LogP contribution in [-0.4, -0.2) is 35.8 Å². The van der Waals surface area contributed by atoms with Gasteiger partial charge in [-0.1, -0.05) is 56.3 Å². The molecule has 28 heavy (non-hydrogen) atoms. The SMILES string of the molecule is CC(C)c1ccc(C2=C[C@H]3c4ccccc4OC4(CCN(C)CC4)N3N2)cc1. The molecule has 5 rings (SSSR count). The number of nitrogens with one attached hydrogen (secondary N) is 1. The van der Waals surface area contributed by atoms with Crippen LogP contribution in [0.15, 0.2) is 54.6 Å². The van der Waals surface area contributed by atoms with Crippen LogP contribution in [0, 0.1) is 0 Å². The number of nitrogens with zero attached hydrogens (tertiary/aromatic N) is 2. The Balaban J connectivity index is 1.52. The fourth-order valence-corrected chi connectivity index (χ4v) is 4.64. The topological polar surface area (TPSA) is 27.7 Å². The molecule has 4 nitrogen and oxygen atoms in total. The van der Waals surface area contributed by atoms with Gasteiger partial charge in [-0.3, -0.25) is 0 Å². The van der Waals surface area contributed by atoms with Gasteiger partial charge in [-0.2, -0.15) is 5.01 Å². The summed E-state index contributed by atoms with van der Waals surface area (Å²) in [6, 6.07) is 17.7. The van der Waals surface area contributed by atoms with E-state index in [1.54, 1.807) is 0 Å². The highest BCUT2D eigenvalue weighted by Gasteiger charge is 2.51. The molecule has 3 heterocycles. The monoisotopic (exact) mass is 375 g/mol. The average molecular weight is 376 g/mol. The van der Waals surface area contributed by atoms with Crippen LogP contribution in [0.1, 0.15) is 55.3 Å². The van der Waals surface area contributed by atoms with Gasteiger partial charge in [0, 0.05) is 31.5 Å². The van der Waals surface area contributed by atoms with E-state index in [2.05, 4.69) is 90.8 Å². The molecule has 4 heteroatoms. The number of rotatable bonds is 2. The number of likely N-dealkylation sites (tertiary alicyclic amines) is 1. The van der Waals surface area contributed by atoms with Crippen LogP contribution in [-0.2, 0) is 0 Å². The van der Waals surface area contributed by atoms with Crippen molar-refractivity contribution in [1.82, 2.24) is 15.3 Å². The van der Waals surface area contributed by atoms with Gasteiger partial charge in [0.1, 0.15) is 5.75 Å². The number of ether oxygens (including phenoxy) is 1. The van der Waals surface area contributed by atoms with Crippen LogP contribution < -0.4 is 10.2 Å². The largest absolute Gasteiger partial charge is 0.470 e. The van der Waals surface area contributed by atoms with Crippen molar-refractivity contribution in [3.05, 3.63) is 71.3 Å².